The number of carbonyl (C=O) groups excluding carboxylic acids is 5. The number of primary amides is 1. The summed E-state index contributed by atoms with van der Waals surface area (Å²) in [5.41, 5.74) is 5.25. The highest BCUT2D eigenvalue weighted by molar-refractivity contribution is 6.22. The third kappa shape index (κ3) is 3.56. The number of nitrogens with one attached hydrogen (secondary N) is 1. The maximum atomic E-state index is 12.6. The molecule has 0 saturated heterocycles. The van der Waals surface area contributed by atoms with Gasteiger partial charge in [0.15, 0.2) is 6.10 Å². The molecule has 5 amide bonds. The fraction of sp³-hybridized carbons (Fsp3) is 0.353. The van der Waals surface area contributed by atoms with Gasteiger partial charge in [-0.05, 0) is 25.0 Å². The monoisotopic (exact) mass is 361 g/mol. The van der Waals surface area contributed by atoms with E-state index in [9.17, 15) is 24.0 Å². The zero-order valence-electron chi connectivity index (χ0n) is 14.5. The van der Waals surface area contributed by atoms with E-state index < -0.39 is 47.8 Å². The molecule has 2 atom stereocenters. The van der Waals surface area contributed by atoms with E-state index >= 15 is 0 Å². The molecule has 0 unspecified atom stereocenters. The number of esters is 1. The minimum atomic E-state index is -1.33. The van der Waals surface area contributed by atoms with E-state index in [4.69, 9.17) is 10.5 Å². The number of hydrogen-bond donors (Lipinski definition) is 2. The van der Waals surface area contributed by atoms with Gasteiger partial charge in [-0.3, -0.25) is 24.6 Å². The highest BCUT2D eigenvalue weighted by Crippen LogP contribution is 2.27. The minimum absolute atomic E-state index is 0.204. The molecule has 138 valence electrons. The molecule has 1 aromatic carbocycles. The normalized spacial score (nSPS) is 15.5. The van der Waals surface area contributed by atoms with Crippen LogP contribution in [0.3, 0.4) is 0 Å². The van der Waals surface area contributed by atoms with Crippen molar-refractivity contribution in [3.8, 4) is 0 Å². The van der Waals surface area contributed by atoms with Gasteiger partial charge >= 0.3 is 12.0 Å². The van der Waals surface area contributed by atoms with E-state index in [1.165, 1.54) is 19.1 Å². The zero-order valence-corrected chi connectivity index (χ0v) is 14.5. The predicted octanol–water partition coefficient (Wildman–Crippen LogP) is 0.434. The third-order valence-corrected chi connectivity index (χ3v) is 3.89. The van der Waals surface area contributed by atoms with Gasteiger partial charge in [0.05, 0.1) is 11.1 Å². The fourth-order valence-corrected chi connectivity index (χ4v) is 2.66. The van der Waals surface area contributed by atoms with Crippen molar-refractivity contribution in [1.82, 2.24) is 10.2 Å². The maximum absolute atomic E-state index is 12.6. The second-order valence-corrected chi connectivity index (χ2v) is 6.15. The van der Waals surface area contributed by atoms with Crippen LogP contribution in [0.2, 0.25) is 0 Å². The van der Waals surface area contributed by atoms with Gasteiger partial charge in [-0.2, -0.15) is 0 Å². The molecule has 1 aromatic rings. The molecule has 9 nitrogen and oxygen atoms in total. The summed E-state index contributed by atoms with van der Waals surface area (Å²) in [5.74, 6) is -3.50. The van der Waals surface area contributed by atoms with E-state index in [0.717, 1.165) is 4.90 Å². The average Bonchev–Trinajstić information content (AvgIpc) is 2.80. The van der Waals surface area contributed by atoms with Crippen molar-refractivity contribution in [2.75, 3.05) is 0 Å². The highest BCUT2D eigenvalue weighted by atomic mass is 16.5. The number of rotatable bonds is 5. The number of fused-ring (bicyclic) bond motifs is 1. The molecule has 0 aromatic heterocycles. The molecule has 1 heterocycles. The summed E-state index contributed by atoms with van der Waals surface area (Å²) in [6.45, 7) is 4.53. The first-order valence-electron chi connectivity index (χ1n) is 7.92. The van der Waals surface area contributed by atoms with Crippen molar-refractivity contribution in [2.45, 2.75) is 32.9 Å². The first-order valence-corrected chi connectivity index (χ1v) is 7.92. The van der Waals surface area contributed by atoms with Gasteiger partial charge < -0.3 is 10.5 Å². The molecule has 0 saturated carbocycles. The van der Waals surface area contributed by atoms with Crippen molar-refractivity contribution < 1.29 is 28.7 Å². The molecule has 0 aliphatic carbocycles. The standard InChI is InChI=1S/C17H19N3O6/c1-8(2)12(16(24)26-9(3)13(21)19-17(18)25)20-14(22)10-6-4-5-7-11(10)15(20)23/h4-9,12H,1-3H3,(H3,18,19,21,25)/t9-,12-/m1/s1. The number of carbonyl (C=O) groups is 5. The number of nitrogens with zero attached hydrogens (tertiary/aromatic N) is 1. The Labute approximate surface area is 149 Å². The average molecular weight is 361 g/mol. The second kappa shape index (κ2) is 7.34. The first-order chi connectivity index (χ1) is 12.1. The van der Waals surface area contributed by atoms with Crippen LogP contribution in [0, 0.1) is 5.92 Å². The number of hydrogen-bond acceptors (Lipinski definition) is 6. The molecule has 0 bridgehead atoms. The Balaban J connectivity index is 2.23. The summed E-state index contributed by atoms with van der Waals surface area (Å²) in [7, 11) is 0. The number of nitrogens with two attached hydrogens (primary N) is 1. The van der Waals surface area contributed by atoms with E-state index in [0.29, 0.717) is 0 Å². The molecule has 26 heavy (non-hydrogen) atoms. The zero-order chi connectivity index (χ0) is 19.6. The summed E-state index contributed by atoms with van der Waals surface area (Å²) in [6, 6.07) is 3.94. The smallest absolute Gasteiger partial charge is 0.330 e. The number of benzene rings is 1. The van der Waals surface area contributed by atoms with Crippen molar-refractivity contribution in [2.24, 2.45) is 11.7 Å². The lowest BCUT2D eigenvalue weighted by Crippen LogP contribution is -2.50. The SMILES string of the molecule is CC(C)[C@H](C(=O)O[C@H](C)C(=O)NC(N)=O)N1C(=O)c2ccccc2C1=O. The largest absolute Gasteiger partial charge is 0.451 e. The summed E-state index contributed by atoms with van der Waals surface area (Å²) < 4.78 is 5.04. The molecule has 2 rings (SSSR count). The van der Waals surface area contributed by atoms with Crippen LogP contribution in [0.15, 0.2) is 24.3 Å². The van der Waals surface area contributed by atoms with Crippen LogP contribution in [0.5, 0.6) is 0 Å². The molecule has 3 N–H and O–H groups in total. The quantitative estimate of drug-likeness (QED) is 0.577. The fourth-order valence-electron chi connectivity index (χ4n) is 2.66. The second-order valence-electron chi connectivity index (χ2n) is 6.15. The lowest BCUT2D eigenvalue weighted by Gasteiger charge is -2.28. The molecule has 0 fully saturated rings. The number of amides is 5. The summed E-state index contributed by atoms with van der Waals surface area (Å²) in [5, 5.41) is 1.79. The summed E-state index contributed by atoms with van der Waals surface area (Å²) >= 11 is 0. The molecule has 0 radical (unpaired) electrons. The van der Waals surface area contributed by atoms with Gasteiger partial charge in [0.1, 0.15) is 6.04 Å². The number of ether oxygens (including phenoxy) is 1. The van der Waals surface area contributed by atoms with Crippen LogP contribution < -0.4 is 11.1 Å². The maximum Gasteiger partial charge on any atom is 0.330 e. The van der Waals surface area contributed by atoms with Crippen LogP contribution in [0.4, 0.5) is 4.79 Å². The molecule has 1 aliphatic rings. The van der Waals surface area contributed by atoms with Gasteiger partial charge in [0.2, 0.25) is 0 Å². The van der Waals surface area contributed by atoms with Gasteiger partial charge in [-0.15, -0.1) is 0 Å². The van der Waals surface area contributed by atoms with Crippen LogP contribution in [0.25, 0.3) is 0 Å². The lowest BCUT2D eigenvalue weighted by atomic mass is 10.0. The van der Waals surface area contributed by atoms with Crippen molar-refractivity contribution in [1.29, 1.82) is 0 Å². The first kappa shape index (κ1) is 19.1. The van der Waals surface area contributed by atoms with Crippen LogP contribution >= 0.6 is 0 Å². The minimum Gasteiger partial charge on any atom is -0.451 e. The lowest BCUT2D eigenvalue weighted by molar-refractivity contribution is -0.159. The Morgan fingerprint density at radius 3 is 1.96 bits per heavy atom. The molecular formula is C17H19N3O6. The van der Waals surface area contributed by atoms with E-state index in [2.05, 4.69) is 0 Å². The summed E-state index contributed by atoms with van der Waals surface area (Å²) in [6.07, 6.45) is -1.33. The van der Waals surface area contributed by atoms with Crippen LogP contribution in [0.1, 0.15) is 41.5 Å². The Morgan fingerprint density at radius 2 is 1.54 bits per heavy atom. The Kier molecular flexibility index (Phi) is 5.39. The van der Waals surface area contributed by atoms with Gasteiger partial charge in [-0.1, -0.05) is 26.0 Å². The van der Waals surface area contributed by atoms with Gasteiger partial charge in [0, 0.05) is 0 Å². The Hall–Kier alpha value is -3.23. The van der Waals surface area contributed by atoms with Crippen LogP contribution in [-0.4, -0.2) is 46.8 Å². The van der Waals surface area contributed by atoms with E-state index in [1.807, 2.05) is 0 Å². The third-order valence-electron chi connectivity index (χ3n) is 3.89. The molecule has 0 spiro atoms. The van der Waals surface area contributed by atoms with Crippen LogP contribution in [-0.2, 0) is 14.3 Å². The van der Waals surface area contributed by atoms with E-state index in [-0.39, 0.29) is 11.1 Å². The van der Waals surface area contributed by atoms with Crippen molar-refractivity contribution >= 4 is 29.7 Å². The Bertz CT molecular complexity index is 753. The van der Waals surface area contributed by atoms with Gasteiger partial charge in [0.25, 0.3) is 17.7 Å². The van der Waals surface area contributed by atoms with Gasteiger partial charge in [-0.25, -0.2) is 9.59 Å². The van der Waals surface area contributed by atoms with Crippen molar-refractivity contribution in [3.63, 3.8) is 0 Å². The Morgan fingerprint density at radius 1 is 1.04 bits per heavy atom. The number of urea groups is 1. The summed E-state index contributed by atoms with van der Waals surface area (Å²) in [4.78, 5) is 60.9. The molecular weight excluding hydrogens is 342 g/mol. The topological polar surface area (TPSA) is 136 Å². The number of imide groups is 2. The molecule has 1 aliphatic heterocycles. The molecule has 9 heteroatoms. The highest BCUT2D eigenvalue weighted by Gasteiger charge is 2.45. The predicted molar refractivity (Wildman–Crippen MR) is 88.8 cm³/mol. The van der Waals surface area contributed by atoms with E-state index in [1.54, 1.807) is 31.3 Å². The van der Waals surface area contributed by atoms with Crippen molar-refractivity contribution in [3.05, 3.63) is 35.4 Å².